The number of unbranched alkanes of at least 4 members (excludes halogenated alkanes) is 2. The predicted molar refractivity (Wildman–Crippen MR) is 59.0 cm³/mol. The van der Waals surface area contributed by atoms with Crippen LogP contribution in [-0.4, -0.2) is 11.8 Å². The molecule has 86 valence electrons. The second-order valence-corrected chi connectivity index (χ2v) is 3.77. The Morgan fingerprint density at radius 2 is 1.94 bits per heavy atom. The molecule has 0 unspecified atom stereocenters. The van der Waals surface area contributed by atoms with E-state index in [9.17, 15) is 14.7 Å². The molecule has 1 aromatic rings. The van der Waals surface area contributed by atoms with Gasteiger partial charge in [-0.25, -0.2) is 0 Å². The second kappa shape index (κ2) is 8.45. The SMILES string of the molecule is CCCCCc1cccc(C(=O)C(=O)[O-])c1.[Na+]. The van der Waals surface area contributed by atoms with Crippen molar-refractivity contribution in [3.8, 4) is 0 Å². The molecule has 0 aliphatic rings. The molecule has 0 saturated heterocycles. The summed E-state index contributed by atoms with van der Waals surface area (Å²) in [4.78, 5) is 21.6. The number of carbonyl (C=O) groups excluding carboxylic acids is 2. The molecule has 1 aromatic carbocycles. The molecule has 0 amide bonds. The molecule has 0 radical (unpaired) electrons. The van der Waals surface area contributed by atoms with Crippen molar-refractivity contribution in [1.29, 1.82) is 0 Å². The van der Waals surface area contributed by atoms with E-state index in [0.717, 1.165) is 31.2 Å². The number of hydrogen-bond acceptors (Lipinski definition) is 3. The normalized spacial score (nSPS) is 9.47. The average molecular weight is 242 g/mol. The van der Waals surface area contributed by atoms with Crippen molar-refractivity contribution >= 4 is 11.8 Å². The zero-order valence-electron chi connectivity index (χ0n) is 10.4. The molecule has 17 heavy (non-hydrogen) atoms. The molecular formula is C13H15NaO3. The van der Waals surface area contributed by atoms with Crippen LogP contribution >= 0.6 is 0 Å². The van der Waals surface area contributed by atoms with Gasteiger partial charge in [0.05, 0.1) is 0 Å². The Balaban J connectivity index is 0.00000256. The van der Waals surface area contributed by atoms with Gasteiger partial charge in [0.1, 0.15) is 5.97 Å². The van der Waals surface area contributed by atoms with Crippen molar-refractivity contribution in [1.82, 2.24) is 0 Å². The number of carbonyl (C=O) groups is 2. The first-order chi connectivity index (χ1) is 7.65. The van der Waals surface area contributed by atoms with Crippen LogP contribution in [0.4, 0.5) is 0 Å². The summed E-state index contributed by atoms with van der Waals surface area (Å²) in [6.07, 6.45) is 4.21. The van der Waals surface area contributed by atoms with Crippen molar-refractivity contribution < 1.29 is 44.3 Å². The van der Waals surface area contributed by atoms with E-state index in [1.807, 2.05) is 6.07 Å². The molecule has 0 bridgehead atoms. The Morgan fingerprint density at radius 3 is 2.53 bits per heavy atom. The van der Waals surface area contributed by atoms with Crippen LogP contribution < -0.4 is 34.7 Å². The zero-order valence-corrected chi connectivity index (χ0v) is 12.4. The molecule has 0 N–H and O–H groups in total. The smallest absolute Gasteiger partial charge is 0.541 e. The molecule has 0 aliphatic heterocycles. The summed E-state index contributed by atoms with van der Waals surface area (Å²) in [6.45, 7) is 2.12. The minimum Gasteiger partial charge on any atom is -0.541 e. The minimum atomic E-state index is -1.65. The van der Waals surface area contributed by atoms with Crippen LogP contribution in [0.1, 0.15) is 42.1 Å². The topological polar surface area (TPSA) is 57.2 Å². The largest absolute Gasteiger partial charge is 1.00 e. The van der Waals surface area contributed by atoms with Gasteiger partial charge in [0, 0.05) is 5.56 Å². The van der Waals surface area contributed by atoms with Crippen molar-refractivity contribution in [2.45, 2.75) is 32.6 Å². The van der Waals surface area contributed by atoms with Gasteiger partial charge >= 0.3 is 29.6 Å². The summed E-state index contributed by atoms with van der Waals surface area (Å²) in [5.41, 5.74) is 1.20. The first kappa shape index (κ1) is 16.4. The molecule has 3 nitrogen and oxygen atoms in total. The third-order valence-electron chi connectivity index (χ3n) is 2.44. The van der Waals surface area contributed by atoms with Crippen molar-refractivity contribution in [2.75, 3.05) is 0 Å². The molecule has 4 heteroatoms. The number of aryl methyl sites for hydroxylation is 1. The third kappa shape index (κ3) is 5.48. The van der Waals surface area contributed by atoms with Crippen molar-refractivity contribution in [2.24, 2.45) is 0 Å². The summed E-state index contributed by atoms with van der Waals surface area (Å²) < 4.78 is 0. The number of Topliss-reactive ketones (excluding diaryl/α,β-unsaturated/α-hetero) is 1. The third-order valence-corrected chi connectivity index (χ3v) is 2.44. The Morgan fingerprint density at radius 1 is 1.24 bits per heavy atom. The quantitative estimate of drug-likeness (QED) is 0.260. The van der Waals surface area contributed by atoms with E-state index in [1.165, 1.54) is 6.07 Å². The first-order valence-corrected chi connectivity index (χ1v) is 5.49. The van der Waals surface area contributed by atoms with Crippen LogP contribution in [0.3, 0.4) is 0 Å². The summed E-state index contributed by atoms with van der Waals surface area (Å²) in [5.74, 6) is -2.59. The molecule has 0 saturated carbocycles. The van der Waals surface area contributed by atoms with Crippen LogP contribution in [0.25, 0.3) is 0 Å². The Bertz CT molecular complexity index is 388. The fraction of sp³-hybridized carbons (Fsp3) is 0.385. The fourth-order valence-corrected chi connectivity index (χ4v) is 1.57. The van der Waals surface area contributed by atoms with Gasteiger partial charge in [0.15, 0.2) is 0 Å². The maximum atomic E-state index is 11.2. The zero-order chi connectivity index (χ0) is 12.0. The van der Waals surface area contributed by atoms with Gasteiger partial charge in [-0.3, -0.25) is 4.79 Å². The molecule has 0 fully saturated rings. The van der Waals surface area contributed by atoms with Gasteiger partial charge in [-0.05, 0) is 24.5 Å². The summed E-state index contributed by atoms with van der Waals surface area (Å²) in [5, 5.41) is 10.4. The average Bonchev–Trinajstić information content (AvgIpc) is 2.29. The van der Waals surface area contributed by atoms with E-state index in [0.29, 0.717) is 0 Å². The van der Waals surface area contributed by atoms with Crippen LogP contribution in [0.5, 0.6) is 0 Å². The van der Waals surface area contributed by atoms with Crippen LogP contribution in [-0.2, 0) is 11.2 Å². The van der Waals surface area contributed by atoms with Gasteiger partial charge in [-0.15, -0.1) is 0 Å². The maximum absolute atomic E-state index is 11.2. The summed E-state index contributed by atoms with van der Waals surface area (Å²) in [7, 11) is 0. The molecule has 0 spiro atoms. The predicted octanol–water partition coefficient (Wildman–Crippen LogP) is -1.64. The van der Waals surface area contributed by atoms with E-state index >= 15 is 0 Å². The van der Waals surface area contributed by atoms with E-state index in [-0.39, 0.29) is 35.1 Å². The number of rotatable bonds is 6. The van der Waals surface area contributed by atoms with Crippen molar-refractivity contribution in [3.63, 3.8) is 0 Å². The Labute approximate surface area is 124 Å². The van der Waals surface area contributed by atoms with Gasteiger partial charge in [0.2, 0.25) is 5.78 Å². The maximum Gasteiger partial charge on any atom is 1.00 e. The van der Waals surface area contributed by atoms with Gasteiger partial charge in [0.25, 0.3) is 0 Å². The number of carboxylic acid groups (broad SMARTS) is 1. The molecule has 1 rings (SSSR count). The molecule has 0 aliphatic carbocycles. The monoisotopic (exact) mass is 242 g/mol. The number of aliphatic carboxylic acids is 1. The number of carboxylic acids is 1. The van der Waals surface area contributed by atoms with E-state index in [4.69, 9.17) is 0 Å². The number of ketones is 1. The van der Waals surface area contributed by atoms with Gasteiger partial charge < -0.3 is 9.90 Å². The second-order valence-electron chi connectivity index (χ2n) is 3.77. The molecule has 0 heterocycles. The van der Waals surface area contributed by atoms with Gasteiger partial charge in [-0.1, -0.05) is 38.0 Å². The van der Waals surface area contributed by atoms with E-state index in [2.05, 4.69) is 6.92 Å². The van der Waals surface area contributed by atoms with Crippen molar-refractivity contribution in [3.05, 3.63) is 35.4 Å². The number of hydrogen-bond donors (Lipinski definition) is 0. The summed E-state index contributed by atoms with van der Waals surface area (Å²) in [6, 6.07) is 6.74. The van der Waals surface area contributed by atoms with Crippen LogP contribution in [0, 0.1) is 0 Å². The fourth-order valence-electron chi connectivity index (χ4n) is 1.57. The molecule has 0 aromatic heterocycles. The molecule has 0 atom stereocenters. The Hall–Kier alpha value is -0.640. The van der Waals surface area contributed by atoms with Crippen LogP contribution in [0.15, 0.2) is 24.3 Å². The minimum absolute atomic E-state index is 0. The van der Waals surface area contributed by atoms with E-state index < -0.39 is 11.8 Å². The first-order valence-electron chi connectivity index (χ1n) is 5.49. The summed E-state index contributed by atoms with van der Waals surface area (Å²) >= 11 is 0. The van der Waals surface area contributed by atoms with E-state index in [1.54, 1.807) is 12.1 Å². The van der Waals surface area contributed by atoms with Crippen LogP contribution in [0.2, 0.25) is 0 Å². The molecular weight excluding hydrogens is 227 g/mol. The Kier molecular flexibility index (Phi) is 8.13. The standard InChI is InChI=1S/C13H16O3.Na/c1-2-3-4-6-10-7-5-8-11(9-10)12(14)13(15)16;/h5,7-9H,2-4,6H2,1H3,(H,15,16);/q;+1/p-1. The van der Waals surface area contributed by atoms with Gasteiger partial charge in [-0.2, -0.15) is 0 Å². The number of benzene rings is 1.